The zero-order valence-corrected chi connectivity index (χ0v) is 13.6. The van der Waals surface area contributed by atoms with Crippen molar-refractivity contribution in [2.24, 2.45) is 7.05 Å². The summed E-state index contributed by atoms with van der Waals surface area (Å²) in [5.74, 6) is -1.49. The maximum absolute atomic E-state index is 12.1. The second kappa shape index (κ2) is 7.47. The summed E-state index contributed by atoms with van der Waals surface area (Å²) in [4.78, 5) is 23.7. The Hall–Kier alpha value is -2.68. The number of hydrogen-bond acceptors (Lipinski definition) is 3. The maximum atomic E-state index is 12.1. The van der Waals surface area contributed by atoms with E-state index in [0.717, 1.165) is 12.1 Å². The molecule has 2 rings (SSSR count). The van der Waals surface area contributed by atoms with Gasteiger partial charge in [0, 0.05) is 13.2 Å². The van der Waals surface area contributed by atoms with Crippen molar-refractivity contribution in [2.75, 3.05) is 0 Å². The summed E-state index contributed by atoms with van der Waals surface area (Å²) in [7, 11) is 1.62. The molecule has 0 aliphatic carbocycles. The Bertz CT molecular complexity index is 773. The van der Waals surface area contributed by atoms with Gasteiger partial charge in [-0.05, 0) is 23.8 Å². The Morgan fingerprint density at radius 1 is 1.20 bits per heavy atom. The third-order valence-corrected chi connectivity index (χ3v) is 3.25. The number of nitrogens with one attached hydrogen (secondary N) is 2. The molecule has 0 fully saturated rings. The summed E-state index contributed by atoms with van der Waals surface area (Å²) in [6.45, 7) is 0. The van der Waals surface area contributed by atoms with E-state index in [1.807, 2.05) is 0 Å². The number of amides is 2. The first-order chi connectivity index (χ1) is 11.6. The van der Waals surface area contributed by atoms with Crippen molar-refractivity contribution in [3.63, 3.8) is 0 Å². The molecule has 0 saturated carbocycles. The molecular weight excluding hydrogens is 363 g/mol. The van der Waals surface area contributed by atoms with Gasteiger partial charge >= 0.3 is 6.36 Å². The van der Waals surface area contributed by atoms with Crippen LogP contribution in [0.25, 0.3) is 0 Å². The topological polar surface area (TPSA) is 72.4 Å². The van der Waals surface area contributed by atoms with Crippen molar-refractivity contribution in [3.05, 3.63) is 52.8 Å². The number of rotatable bonds is 4. The third-order valence-electron chi connectivity index (χ3n) is 3.04. The summed E-state index contributed by atoms with van der Waals surface area (Å²) in [5.41, 5.74) is 5.13. The smallest absolute Gasteiger partial charge is 0.406 e. The van der Waals surface area contributed by atoms with Crippen LogP contribution >= 0.6 is 11.6 Å². The standard InChI is InChI=1S/C15H13ClF3N3O3/c1-22-8-10(16)7-12(22)14(24)21-20-13(23)6-9-2-4-11(5-3-9)25-15(17,18)19/h2-5,7-8H,6H2,1H3,(H,20,23)(H,21,24). The minimum atomic E-state index is -4.77. The molecule has 25 heavy (non-hydrogen) atoms. The highest BCUT2D eigenvalue weighted by Crippen LogP contribution is 2.22. The summed E-state index contributed by atoms with van der Waals surface area (Å²) in [6.07, 6.45) is -3.38. The first kappa shape index (κ1) is 18.7. The largest absolute Gasteiger partial charge is 0.573 e. The normalized spacial score (nSPS) is 11.1. The second-order valence-electron chi connectivity index (χ2n) is 5.03. The fourth-order valence-electron chi connectivity index (χ4n) is 1.98. The van der Waals surface area contributed by atoms with E-state index in [9.17, 15) is 22.8 Å². The molecule has 0 aliphatic heterocycles. The minimum absolute atomic E-state index is 0.138. The Labute approximate surface area is 145 Å². The number of hydrazine groups is 1. The Morgan fingerprint density at radius 2 is 1.84 bits per heavy atom. The van der Waals surface area contributed by atoms with Crippen LogP contribution in [0.15, 0.2) is 36.5 Å². The Morgan fingerprint density at radius 3 is 2.36 bits per heavy atom. The predicted molar refractivity (Wildman–Crippen MR) is 82.9 cm³/mol. The molecule has 1 heterocycles. The van der Waals surface area contributed by atoms with E-state index in [1.54, 1.807) is 7.05 Å². The van der Waals surface area contributed by atoms with Crippen molar-refractivity contribution in [1.82, 2.24) is 15.4 Å². The van der Waals surface area contributed by atoms with Gasteiger partial charge in [0.25, 0.3) is 5.91 Å². The number of nitrogens with zero attached hydrogens (tertiary/aromatic N) is 1. The van der Waals surface area contributed by atoms with Crippen LogP contribution in [0.1, 0.15) is 16.1 Å². The first-order valence-electron chi connectivity index (χ1n) is 6.90. The van der Waals surface area contributed by atoms with Crippen LogP contribution in [0.5, 0.6) is 5.75 Å². The van der Waals surface area contributed by atoms with Crippen molar-refractivity contribution in [1.29, 1.82) is 0 Å². The van der Waals surface area contributed by atoms with Crippen LogP contribution in [-0.2, 0) is 18.3 Å². The van der Waals surface area contributed by atoms with Crippen molar-refractivity contribution >= 4 is 23.4 Å². The highest BCUT2D eigenvalue weighted by Gasteiger charge is 2.30. The van der Waals surface area contributed by atoms with Crippen LogP contribution in [0, 0.1) is 0 Å². The molecule has 0 spiro atoms. The average Bonchev–Trinajstić information content (AvgIpc) is 2.84. The molecule has 0 aliphatic rings. The van der Waals surface area contributed by atoms with Crippen molar-refractivity contribution in [3.8, 4) is 5.75 Å². The van der Waals surface area contributed by atoms with Crippen molar-refractivity contribution in [2.45, 2.75) is 12.8 Å². The van der Waals surface area contributed by atoms with E-state index in [4.69, 9.17) is 11.6 Å². The zero-order valence-electron chi connectivity index (χ0n) is 12.9. The summed E-state index contributed by atoms with van der Waals surface area (Å²) in [5, 5.41) is 0.375. The minimum Gasteiger partial charge on any atom is -0.406 e. The molecule has 2 amide bonds. The predicted octanol–water partition coefficient (Wildman–Crippen LogP) is 2.58. The summed E-state index contributed by atoms with van der Waals surface area (Å²) >= 11 is 5.76. The average molecular weight is 376 g/mol. The van der Waals surface area contributed by atoms with E-state index >= 15 is 0 Å². The van der Waals surface area contributed by atoms with Gasteiger partial charge in [0.2, 0.25) is 5.91 Å². The molecule has 2 aromatic rings. The van der Waals surface area contributed by atoms with Gasteiger partial charge in [-0.25, -0.2) is 0 Å². The number of carbonyl (C=O) groups is 2. The molecule has 0 atom stereocenters. The molecule has 10 heteroatoms. The van der Waals surface area contributed by atoms with Crippen LogP contribution in [0.4, 0.5) is 13.2 Å². The van der Waals surface area contributed by atoms with E-state index in [0.29, 0.717) is 10.6 Å². The van der Waals surface area contributed by atoms with E-state index in [2.05, 4.69) is 15.6 Å². The van der Waals surface area contributed by atoms with Gasteiger partial charge < -0.3 is 9.30 Å². The first-order valence-corrected chi connectivity index (χ1v) is 7.27. The van der Waals surface area contributed by atoms with Gasteiger partial charge in [0.05, 0.1) is 11.4 Å². The molecule has 2 N–H and O–H groups in total. The number of alkyl halides is 3. The molecule has 1 aromatic carbocycles. The van der Waals surface area contributed by atoms with Gasteiger partial charge in [-0.1, -0.05) is 23.7 Å². The SMILES string of the molecule is Cn1cc(Cl)cc1C(=O)NNC(=O)Cc1ccc(OC(F)(F)F)cc1. The second-order valence-corrected chi connectivity index (χ2v) is 5.46. The molecule has 1 aromatic heterocycles. The number of aromatic nitrogens is 1. The monoisotopic (exact) mass is 375 g/mol. The molecular formula is C15H13ClF3N3O3. The molecule has 0 bridgehead atoms. The van der Waals surface area contributed by atoms with Crippen LogP contribution in [0.2, 0.25) is 5.02 Å². The molecule has 6 nitrogen and oxygen atoms in total. The highest BCUT2D eigenvalue weighted by atomic mass is 35.5. The zero-order chi connectivity index (χ0) is 18.6. The van der Waals surface area contributed by atoms with Gasteiger partial charge in [-0.2, -0.15) is 0 Å². The maximum Gasteiger partial charge on any atom is 0.573 e. The Kier molecular flexibility index (Phi) is 5.58. The van der Waals surface area contributed by atoms with Crippen LogP contribution in [-0.4, -0.2) is 22.7 Å². The lowest BCUT2D eigenvalue weighted by molar-refractivity contribution is -0.274. The lowest BCUT2D eigenvalue weighted by atomic mass is 10.1. The van der Waals surface area contributed by atoms with Gasteiger partial charge in [-0.3, -0.25) is 20.4 Å². The third kappa shape index (κ3) is 5.71. The fraction of sp³-hybridized carbons (Fsp3) is 0.200. The Balaban J connectivity index is 1.86. The van der Waals surface area contributed by atoms with Crippen LogP contribution in [0.3, 0.4) is 0 Å². The molecule has 134 valence electrons. The quantitative estimate of drug-likeness (QED) is 0.807. The number of ether oxygens (including phenoxy) is 1. The van der Waals surface area contributed by atoms with Crippen molar-refractivity contribution < 1.29 is 27.5 Å². The summed E-state index contributed by atoms with van der Waals surface area (Å²) < 4.78 is 41.4. The van der Waals surface area contributed by atoms with Gasteiger partial charge in [0.1, 0.15) is 11.4 Å². The lowest BCUT2D eigenvalue weighted by Gasteiger charge is -2.10. The van der Waals surface area contributed by atoms with Gasteiger partial charge in [-0.15, -0.1) is 13.2 Å². The van der Waals surface area contributed by atoms with E-state index < -0.39 is 18.2 Å². The fourth-order valence-corrected chi connectivity index (χ4v) is 2.23. The molecule has 0 unspecified atom stereocenters. The van der Waals surface area contributed by atoms with Gasteiger partial charge in [0.15, 0.2) is 0 Å². The highest BCUT2D eigenvalue weighted by molar-refractivity contribution is 6.31. The number of aryl methyl sites for hydroxylation is 1. The number of hydrogen-bond donors (Lipinski definition) is 2. The molecule has 0 saturated heterocycles. The molecule has 0 radical (unpaired) electrons. The number of carbonyl (C=O) groups excluding carboxylic acids is 2. The van der Waals surface area contributed by atoms with E-state index in [-0.39, 0.29) is 17.9 Å². The summed E-state index contributed by atoms with van der Waals surface area (Å²) in [6, 6.07) is 6.27. The van der Waals surface area contributed by atoms with Crippen LogP contribution < -0.4 is 15.6 Å². The number of benzene rings is 1. The lowest BCUT2D eigenvalue weighted by Crippen LogP contribution is -2.42. The number of halogens is 4. The van der Waals surface area contributed by atoms with E-state index in [1.165, 1.54) is 29.0 Å².